The molecule has 0 aromatic carbocycles. The van der Waals surface area contributed by atoms with Gasteiger partial charge in [0, 0.05) is 45.4 Å². The summed E-state index contributed by atoms with van der Waals surface area (Å²) < 4.78 is 13.7. The summed E-state index contributed by atoms with van der Waals surface area (Å²) in [5.74, 6) is -0.650. The second kappa shape index (κ2) is 6.38. The fraction of sp³-hybridized carbons (Fsp3) is 0.375. The summed E-state index contributed by atoms with van der Waals surface area (Å²) in [7, 11) is 3.58. The first-order chi connectivity index (χ1) is 11.5. The molecular weight excluding hydrogens is 313 g/mol. The largest absolute Gasteiger partial charge is 0.348 e. The zero-order valence-corrected chi connectivity index (χ0v) is 13.5. The number of rotatable bonds is 3. The van der Waals surface area contributed by atoms with Gasteiger partial charge in [0.2, 0.25) is 5.95 Å². The Morgan fingerprint density at radius 2 is 2.25 bits per heavy atom. The number of anilines is 1. The van der Waals surface area contributed by atoms with Crippen molar-refractivity contribution in [2.75, 3.05) is 32.1 Å². The Morgan fingerprint density at radius 3 is 2.96 bits per heavy atom. The lowest BCUT2D eigenvalue weighted by molar-refractivity contribution is 0.0779. The molecule has 3 heterocycles. The molecule has 1 aliphatic heterocycles. The number of amides is 1. The van der Waals surface area contributed by atoms with Gasteiger partial charge in [-0.25, -0.2) is 14.4 Å². The van der Waals surface area contributed by atoms with Crippen molar-refractivity contribution < 1.29 is 9.18 Å². The second-order valence-electron chi connectivity index (χ2n) is 5.96. The van der Waals surface area contributed by atoms with Gasteiger partial charge in [-0.3, -0.25) is 14.6 Å². The molecule has 8 heteroatoms. The van der Waals surface area contributed by atoms with Crippen LogP contribution in [0.4, 0.5) is 10.3 Å². The van der Waals surface area contributed by atoms with Gasteiger partial charge >= 0.3 is 0 Å². The number of nitrogens with one attached hydrogen (secondary N) is 1. The molecule has 1 saturated heterocycles. The van der Waals surface area contributed by atoms with E-state index in [1.54, 1.807) is 23.9 Å². The first kappa shape index (κ1) is 16.1. The zero-order chi connectivity index (χ0) is 17.3. The fourth-order valence-corrected chi connectivity index (χ4v) is 2.76. The summed E-state index contributed by atoms with van der Waals surface area (Å²) >= 11 is 0. The Bertz CT molecular complexity index is 820. The van der Waals surface area contributed by atoms with E-state index in [4.69, 9.17) is 0 Å². The van der Waals surface area contributed by atoms with Gasteiger partial charge in [-0.2, -0.15) is 0 Å². The van der Waals surface area contributed by atoms with E-state index in [1.165, 1.54) is 24.4 Å². The van der Waals surface area contributed by atoms with E-state index in [0.717, 1.165) is 0 Å². The Labute approximate surface area is 138 Å². The van der Waals surface area contributed by atoms with E-state index in [9.17, 15) is 14.0 Å². The summed E-state index contributed by atoms with van der Waals surface area (Å²) in [5, 5.41) is 0. The number of aromatic nitrogens is 3. The van der Waals surface area contributed by atoms with Crippen LogP contribution in [0.25, 0.3) is 0 Å². The summed E-state index contributed by atoms with van der Waals surface area (Å²) in [6, 6.07) is 4.12. The molecule has 1 aliphatic rings. The van der Waals surface area contributed by atoms with Gasteiger partial charge in [0.05, 0.1) is 5.69 Å². The highest BCUT2D eigenvalue weighted by Crippen LogP contribution is 2.27. The smallest absolute Gasteiger partial charge is 0.275 e. The van der Waals surface area contributed by atoms with Crippen LogP contribution in [-0.4, -0.2) is 52.9 Å². The van der Waals surface area contributed by atoms with Crippen molar-refractivity contribution in [1.29, 1.82) is 0 Å². The molecule has 0 bridgehead atoms. The molecule has 0 spiro atoms. The van der Waals surface area contributed by atoms with Crippen LogP contribution in [-0.2, 0) is 0 Å². The molecule has 0 saturated carbocycles. The average molecular weight is 331 g/mol. The molecule has 24 heavy (non-hydrogen) atoms. The standard InChI is InChI=1S/C16H18FN5O2/c1-21(2)16-19-12(8-13(23)20-16)10-5-7-22(9-10)15(24)14-11(17)4-3-6-18-14/h3-4,6,8,10H,5,7,9H2,1-2H3,(H,19,20,23). The summed E-state index contributed by atoms with van der Waals surface area (Å²) in [6.45, 7) is 0.865. The maximum Gasteiger partial charge on any atom is 0.275 e. The molecule has 1 N–H and O–H groups in total. The molecule has 2 aromatic heterocycles. The predicted octanol–water partition coefficient (Wildman–Crippen LogP) is 1.000. The van der Waals surface area contributed by atoms with Crippen LogP contribution >= 0.6 is 0 Å². The summed E-state index contributed by atoms with van der Waals surface area (Å²) in [4.78, 5) is 38.4. The molecule has 1 atom stereocenters. The van der Waals surface area contributed by atoms with Crippen molar-refractivity contribution in [3.63, 3.8) is 0 Å². The van der Waals surface area contributed by atoms with Crippen molar-refractivity contribution in [2.24, 2.45) is 0 Å². The lowest BCUT2D eigenvalue weighted by Crippen LogP contribution is -2.30. The molecule has 126 valence electrons. The van der Waals surface area contributed by atoms with Crippen LogP contribution in [0.5, 0.6) is 0 Å². The zero-order valence-electron chi connectivity index (χ0n) is 13.5. The highest BCUT2D eigenvalue weighted by Gasteiger charge is 2.31. The minimum absolute atomic E-state index is 0.0540. The number of hydrogen-bond acceptors (Lipinski definition) is 5. The maximum atomic E-state index is 13.7. The van der Waals surface area contributed by atoms with Gasteiger partial charge < -0.3 is 9.80 Å². The number of carbonyl (C=O) groups is 1. The topological polar surface area (TPSA) is 82.2 Å². The van der Waals surface area contributed by atoms with Crippen molar-refractivity contribution in [3.8, 4) is 0 Å². The van der Waals surface area contributed by atoms with Crippen molar-refractivity contribution in [1.82, 2.24) is 19.9 Å². The van der Waals surface area contributed by atoms with Crippen LogP contribution < -0.4 is 10.5 Å². The predicted molar refractivity (Wildman–Crippen MR) is 86.6 cm³/mol. The fourth-order valence-electron chi connectivity index (χ4n) is 2.76. The van der Waals surface area contributed by atoms with Crippen LogP contribution in [0, 0.1) is 5.82 Å². The third kappa shape index (κ3) is 3.12. The molecule has 7 nitrogen and oxygen atoms in total. The quantitative estimate of drug-likeness (QED) is 0.907. The second-order valence-corrected chi connectivity index (χ2v) is 5.96. The van der Waals surface area contributed by atoms with Crippen molar-refractivity contribution in [3.05, 3.63) is 52.0 Å². The number of nitrogens with zero attached hydrogens (tertiary/aromatic N) is 4. The normalized spacial score (nSPS) is 17.1. The number of halogens is 1. The minimum atomic E-state index is -0.630. The third-order valence-electron chi connectivity index (χ3n) is 4.03. The van der Waals surface area contributed by atoms with E-state index < -0.39 is 11.7 Å². The van der Waals surface area contributed by atoms with Crippen molar-refractivity contribution in [2.45, 2.75) is 12.3 Å². The highest BCUT2D eigenvalue weighted by molar-refractivity contribution is 5.92. The summed E-state index contributed by atoms with van der Waals surface area (Å²) in [5.41, 5.74) is 0.231. The van der Waals surface area contributed by atoms with E-state index >= 15 is 0 Å². The van der Waals surface area contributed by atoms with Crippen molar-refractivity contribution >= 4 is 11.9 Å². The van der Waals surface area contributed by atoms with Gasteiger partial charge in [0.1, 0.15) is 0 Å². The third-order valence-corrected chi connectivity index (χ3v) is 4.03. The van der Waals surface area contributed by atoms with E-state index in [-0.39, 0.29) is 17.2 Å². The van der Waals surface area contributed by atoms with E-state index in [1.807, 2.05) is 0 Å². The first-order valence-corrected chi connectivity index (χ1v) is 7.64. The minimum Gasteiger partial charge on any atom is -0.348 e. The Morgan fingerprint density at radius 1 is 1.46 bits per heavy atom. The van der Waals surface area contributed by atoms with Crippen LogP contribution in [0.15, 0.2) is 29.2 Å². The summed E-state index contributed by atoms with van der Waals surface area (Å²) in [6.07, 6.45) is 2.06. The Balaban J connectivity index is 1.80. The molecule has 2 aromatic rings. The maximum absolute atomic E-state index is 13.7. The van der Waals surface area contributed by atoms with Crippen LogP contribution in [0.1, 0.15) is 28.5 Å². The van der Waals surface area contributed by atoms with E-state index in [2.05, 4.69) is 15.0 Å². The lowest BCUT2D eigenvalue weighted by atomic mass is 10.1. The van der Waals surface area contributed by atoms with Gasteiger partial charge in [-0.05, 0) is 18.6 Å². The first-order valence-electron chi connectivity index (χ1n) is 7.64. The average Bonchev–Trinajstić information content (AvgIpc) is 3.04. The number of hydrogen-bond donors (Lipinski definition) is 1. The Kier molecular flexibility index (Phi) is 4.28. The highest BCUT2D eigenvalue weighted by atomic mass is 19.1. The van der Waals surface area contributed by atoms with Gasteiger partial charge in [-0.1, -0.05) is 0 Å². The number of carbonyl (C=O) groups excluding carboxylic acids is 1. The number of pyridine rings is 1. The van der Waals surface area contributed by atoms with E-state index in [0.29, 0.717) is 31.2 Å². The number of aromatic amines is 1. The molecule has 3 rings (SSSR count). The lowest BCUT2D eigenvalue weighted by Gasteiger charge is -2.17. The molecular formula is C16H18FN5O2. The van der Waals surface area contributed by atoms with Gasteiger partial charge in [0.15, 0.2) is 11.5 Å². The molecule has 1 amide bonds. The number of H-pyrrole nitrogens is 1. The van der Waals surface area contributed by atoms with Gasteiger partial charge in [-0.15, -0.1) is 0 Å². The molecule has 0 radical (unpaired) electrons. The van der Waals surface area contributed by atoms with Crippen LogP contribution in [0.2, 0.25) is 0 Å². The molecule has 1 unspecified atom stereocenters. The SMILES string of the molecule is CN(C)c1nc(C2CCN(C(=O)c3ncccc3F)C2)cc(=O)[nH]1. The molecule has 1 fully saturated rings. The Hall–Kier alpha value is -2.77. The monoisotopic (exact) mass is 331 g/mol. The molecule has 0 aliphatic carbocycles. The number of likely N-dealkylation sites (tertiary alicyclic amines) is 1. The van der Waals surface area contributed by atoms with Crippen LogP contribution in [0.3, 0.4) is 0 Å². The van der Waals surface area contributed by atoms with Gasteiger partial charge in [0.25, 0.3) is 11.5 Å².